The molecular weight excluding hydrogens is 266 g/mol. The SMILES string of the molecule is CCn1nc(C)c(N)c1C(=O)Nc1cccc(N(C)C)c1. The Morgan fingerprint density at radius 2 is 2.14 bits per heavy atom. The van der Waals surface area contributed by atoms with Crippen LogP contribution in [0.5, 0.6) is 0 Å². The first-order valence-electron chi connectivity index (χ1n) is 6.85. The number of anilines is 3. The highest BCUT2D eigenvalue weighted by Gasteiger charge is 2.19. The predicted molar refractivity (Wildman–Crippen MR) is 85.8 cm³/mol. The summed E-state index contributed by atoms with van der Waals surface area (Å²) in [5.41, 5.74) is 9.21. The first-order chi connectivity index (χ1) is 9.93. The van der Waals surface area contributed by atoms with Gasteiger partial charge in [-0.25, -0.2) is 0 Å². The molecule has 0 atom stereocenters. The summed E-state index contributed by atoms with van der Waals surface area (Å²) < 4.78 is 1.62. The van der Waals surface area contributed by atoms with Crippen molar-refractivity contribution in [1.82, 2.24) is 9.78 Å². The zero-order chi connectivity index (χ0) is 15.6. The zero-order valence-corrected chi connectivity index (χ0v) is 12.8. The molecule has 1 amide bonds. The molecule has 2 aromatic rings. The number of carbonyl (C=O) groups excluding carboxylic acids is 1. The molecule has 0 saturated carbocycles. The van der Waals surface area contributed by atoms with Gasteiger partial charge in [0.05, 0.1) is 11.4 Å². The zero-order valence-electron chi connectivity index (χ0n) is 12.8. The van der Waals surface area contributed by atoms with E-state index in [-0.39, 0.29) is 5.91 Å². The number of aryl methyl sites for hydroxylation is 2. The van der Waals surface area contributed by atoms with Crippen molar-refractivity contribution in [1.29, 1.82) is 0 Å². The second-order valence-corrected chi connectivity index (χ2v) is 5.06. The lowest BCUT2D eigenvalue weighted by Gasteiger charge is -2.14. The molecule has 6 nitrogen and oxygen atoms in total. The van der Waals surface area contributed by atoms with E-state index >= 15 is 0 Å². The monoisotopic (exact) mass is 287 g/mol. The van der Waals surface area contributed by atoms with Crippen LogP contribution in [0.1, 0.15) is 23.1 Å². The second kappa shape index (κ2) is 5.87. The molecule has 0 spiro atoms. The Hall–Kier alpha value is -2.50. The van der Waals surface area contributed by atoms with Crippen LogP contribution >= 0.6 is 0 Å². The number of amides is 1. The molecule has 1 aromatic heterocycles. The van der Waals surface area contributed by atoms with Gasteiger partial charge in [0, 0.05) is 32.0 Å². The summed E-state index contributed by atoms with van der Waals surface area (Å²) in [6, 6.07) is 7.63. The van der Waals surface area contributed by atoms with Crippen LogP contribution in [0.4, 0.5) is 17.1 Å². The van der Waals surface area contributed by atoms with E-state index in [1.165, 1.54) is 0 Å². The van der Waals surface area contributed by atoms with E-state index in [0.717, 1.165) is 11.4 Å². The van der Waals surface area contributed by atoms with Crippen molar-refractivity contribution in [3.63, 3.8) is 0 Å². The molecule has 6 heteroatoms. The highest BCUT2D eigenvalue weighted by molar-refractivity contribution is 6.07. The molecule has 0 radical (unpaired) electrons. The smallest absolute Gasteiger partial charge is 0.276 e. The van der Waals surface area contributed by atoms with Gasteiger partial charge in [0.25, 0.3) is 5.91 Å². The standard InChI is InChI=1S/C15H21N5O/c1-5-20-14(13(16)10(2)18-20)15(21)17-11-7-6-8-12(9-11)19(3)4/h6-9H,5,16H2,1-4H3,(H,17,21). The molecule has 2 rings (SSSR count). The molecule has 0 bridgehead atoms. The van der Waals surface area contributed by atoms with E-state index in [1.807, 2.05) is 50.2 Å². The van der Waals surface area contributed by atoms with E-state index in [4.69, 9.17) is 5.73 Å². The first kappa shape index (κ1) is 14.9. The highest BCUT2D eigenvalue weighted by atomic mass is 16.2. The summed E-state index contributed by atoms with van der Waals surface area (Å²) in [4.78, 5) is 14.4. The maximum atomic E-state index is 12.4. The third-order valence-corrected chi connectivity index (χ3v) is 3.31. The average molecular weight is 287 g/mol. The number of nitrogen functional groups attached to an aromatic ring is 1. The Morgan fingerprint density at radius 3 is 2.76 bits per heavy atom. The summed E-state index contributed by atoms with van der Waals surface area (Å²) in [6.45, 7) is 4.32. The number of hydrogen-bond acceptors (Lipinski definition) is 4. The van der Waals surface area contributed by atoms with Gasteiger partial charge in [0.15, 0.2) is 0 Å². The van der Waals surface area contributed by atoms with Crippen molar-refractivity contribution in [2.45, 2.75) is 20.4 Å². The molecule has 3 N–H and O–H groups in total. The average Bonchev–Trinajstić information content (AvgIpc) is 2.74. The van der Waals surface area contributed by atoms with Crippen LogP contribution in [0.15, 0.2) is 24.3 Å². The number of benzene rings is 1. The highest BCUT2D eigenvalue weighted by Crippen LogP contribution is 2.21. The minimum Gasteiger partial charge on any atom is -0.395 e. The van der Waals surface area contributed by atoms with Crippen molar-refractivity contribution in [3.8, 4) is 0 Å². The molecule has 0 aliphatic carbocycles. The molecule has 0 aliphatic rings. The molecule has 0 saturated heterocycles. The van der Waals surface area contributed by atoms with Crippen molar-refractivity contribution < 1.29 is 4.79 Å². The number of carbonyl (C=O) groups is 1. The van der Waals surface area contributed by atoms with Crippen LogP contribution in [-0.4, -0.2) is 29.8 Å². The van der Waals surface area contributed by atoms with E-state index < -0.39 is 0 Å². The fourth-order valence-electron chi connectivity index (χ4n) is 2.12. The Bertz CT molecular complexity index is 660. The lowest BCUT2D eigenvalue weighted by atomic mass is 10.2. The summed E-state index contributed by atoms with van der Waals surface area (Å²) in [5, 5.41) is 7.14. The topological polar surface area (TPSA) is 76.2 Å². The third kappa shape index (κ3) is 2.99. The molecule has 1 aromatic carbocycles. The molecule has 112 valence electrons. The normalized spacial score (nSPS) is 10.5. The van der Waals surface area contributed by atoms with Crippen LogP contribution in [0, 0.1) is 6.92 Å². The van der Waals surface area contributed by atoms with Crippen LogP contribution in [0.25, 0.3) is 0 Å². The van der Waals surface area contributed by atoms with Gasteiger partial charge in [-0.1, -0.05) is 6.07 Å². The second-order valence-electron chi connectivity index (χ2n) is 5.06. The Balaban J connectivity index is 2.28. The number of aromatic nitrogens is 2. The maximum Gasteiger partial charge on any atom is 0.276 e. The van der Waals surface area contributed by atoms with Crippen LogP contribution in [0.3, 0.4) is 0 Å². The molecule has 21 heavy (non-hydrogen) atoms. The van der Waals surface area contributed by atoms with Crippen molar-refractivity contribution in [3.05, 3.63) is 35.7 Å². The Morgan fingerprint density at radius 1 is 1.43 bits per heavy atom. The number of nitrogens with zero attached hydrogens (tertiary/aromatic N) is 3. The lowest BCUT2D eigenvalue weighted by molar-refractivity contribution is 0.101. The Labute approximate surface area is 124 Å². The summed E-state index contributed by atoms with van der Waals surface area (Å²) in [7, 11) is 3.91. The van der Waals surface area contributed by atoms with Crippen LogP contribution < -0.4 is 16.0 Å². The summed E-state index contributed by atoms with van der Waals surface area (Å²) in [6.07, 6.45) is 0. The largest absolute Gasteiger partial charge is 0.395 e. The minimum atomic E-state index is -0.245. The number of nitrogens with two attached hydrogens (primary N) is 1. The van der Waals surface area contributed by atoms with Crippen molar-refractivity contribution >= 4 is 23.0 Å². The first-order valence-corrected chi connectivity index (χ1v) is 6.85. The number of hydrogen-bond donors (Lipinski definition) is 2. The molecule has 1 heterocycles. The fraction of sp³-hybridized carbons (Fsp3) is 0.333. The van der Waals surface area contributed by atoms with Gasteiger partial charge in [0.1, 0.15) is 5.69 Å². The van der Waals surface area contributed by atoms with E-state index in [2.05, 4.69) is 10.4 Å². The van der Waals surface area contributed by atoms with Gasteiger partial charge < -0.3 is 16.0 Å². The van der Waals surface area contributed by atoms with Gasteiger partial charge in [-0.05, 0) is 32.0 Å². The van der Waals surface area contributed by atoms with Gasteiger partial charge >= 0.3 is 0 Å². The van der Waals surface area contributed by atoms with Crippen molar-refractivity contribution in [2.24, 2.45) is 0 Å². The Kier molecular flexibility index (Phi) is 4.16. The molecule has 0 aliphatic heterocycles. The summed E-state index contributed by atoms with van der Waals surface area (Å²) >= 11 is 0. The van der Waals surface area contributed by atoms with Gasteiger partial charge in [-0.15, -0.1) is 0 Å². The van der Waals surface area contributed by atoms with Gasteiger partial charge in [-0.2, -0.15) is 5.10 Å². The third-order valence-electron chi connectivity index (χ3n) is 3.31. The van der Waals surface area contributed by atoms with E-state index in [0.29, 0.717) is 23.6 Å². The quantitative estimate of drug-likeness (QED) is 0.903. The van der Waals surface area contributed by atoms with Gasteiger partial charge in [-0.3, -0.25) is 9.48 Å². The predicted octanol–water partition coefficient (Wildman–Crippen LogP) is 2.11. The number of nitrogens with one attached hydrogen (secondary N) is 1. The van der Waals surface area contributed by atoms with Gasteiger partial charge in [0.2, 0.25) is 0 Å². The lowest BCUT2D eigenvalue weighted by Crippen LogP contribution is -2.19. The van der Waals surface area contributed by atoms with Crippen LogP contribution in [0.2, 0.25) is 0 Å². The van der Waals surface area contributed by atoms with E-state index in [1.54, 1.807) is 11.6 Å². The van der Waals surface area contributed by atoms with Crippen LogP contribution in [-0.2, 0) is 6.54 Å². The number of rotatable bonds is 4. The van der Waals surface area contributed by atoms with Crippen molar-refractivity contribution in [2.75, 3.05) is 30.0 Å². The molecular formula is C15H21N5O. The summed E-state index contributed by atoms with van der Waals surface area (Å²) in [5.74, 6) is -0.245. The minimum absolute atomic E-state index is 0.245. The molecule has 0 unspecified atom stereocenters. The van der Waals surface area contributed by atoms with E-state index in [9.17, 15) is 4.79 Å². The molecule has 0 fully saturated rings. The maximum absolute atomic E-state index is 12.4. The fourth-order valence-corrected chi connectivity index (χ4v) is 2.12.